The first-order chi connectivity index (χ1) is 21.5. The van der Waals surface area contributed by atoms with Crippen molar-refractivity contribution in [1.29, 1.82) is 0 Å². The number of hydrogen-bond acceptors (Lipinski definition) is 5. The molecule has 0 saturated heterocycles. The second-order valence-corrected chi connectivity index (χ2v) is 11.5. The fraction of sp³-hybridized carbons (Fsp3) is 0.316. The lowest BCUT2D eigenvalue weighted by Crippen LogP contribution is -2.34. The van der Waals surface area contributed by atoms with Gasteiger partial charge in [-0.3, -0.25) is 0 Å². The van der Waals surface area contributed by atoms with Crippen molar-refractivity contribution in [1.82, 2.24) is 0 Å². The van der Waals surface area contributed by atoms with Crippen molar-refractivity contribution in [3.8, 4) is 17.2 Å². The molecule has 0 aromatic heterocycles. The number of hydrogen-bond donors (Lipinski definition) is 0. The predicted molar refractivity (Wildman–Crippen MR) is 177 cm³/mol. The molecule has 4 aromatic rings. The maximum atomic E-state index is 6.81. The van der Waals surface area contributed by atoms with E-state index in [1.165, 1.54) is 11.1 Å². The Morgan fingerprint density at radius 3 is 1.84 bits per heavy atom. The zero-order valence-corrected chi connectivity index (χ0v) is 26.5. The Morgan fingerprint density at radius 2 is 1.25 bits per heavy atom. The Bertz CT molecular complexity index is 1460. The number of benzene rings is 4. The van der Waals surface area contributed by atoms with Crippen LogP contribution < -0.4 is 14.2 Å². The van der Waals surface area contributed by atoms with Crippen LogP contribution in [0.2, 0.25) is 5.02 Å². The quantitative estimate of drug-likeness (QED) is 0.142. The van der Waals surface area contributed by atoms with Gasteiger partial charge in [0.05, 0.1) is 46.8 Å². The minimum atomic E-state index is -0.109. The minimum Gasteiger partial charge on any atom is -0.497 e. The van der Waals surface area contributed by atoms with E-state index in [9.17, 15) is 0 Å². The van der Waals surface area contributed by atoms with E-state index in [0.29, 0.717) is 31.5 Å². The van der Waals surface area contributed by atoms with Crippen LogP contribution in [0.1, 0.15) is 35.6 Å². The highest BCUT2D eigenvalue weighted by Gasteiger charge is 2.34. The molecule has 5 rings (SSSR count). The Labute approximate surface area is 266 Å². The Morgan fingerprint density at radius 1 is 0.682 bits per heavy atom. The topological polar surface area (TPSA) is 46.2 Å². The summed E-state index contributed by atoms with van der Waals surface area (Å²) in [5, 5.41) is 0.714. The first kappa shape index (κ1) is 31.6. The summed E-state index contributed by atoms with van der Waals surface area (Å²) in [6.07, 6.45) is 4.06. The zero-order valence-electron chi connectivity index (χ0n) is 25.7. The van der Waals surface area contributed by atoms with Crippen molar-refractivity contribution in [2.24, 2.45) is 11.8 Å². The lowest BCUT2D eigenvalue weighted by Gasteiger charge is -2.37. The van der Waals surface area contributed by atoms with Gasteiger partial charge < -0.3 is 23.7 Å². The molecule has 0 amide bonds. The van der Waals surface area contributed by atoms with E-state index in [1.54, 1.807) is 14.2 Å². The summed E-state index contributed by atoms with van der Waals surface area (Å²) in [4.78, 5) is 0. The Kier molecular flexibility index (Phi) is 11.4. The normalized spacial score (nSPS) is 18.0. The molecule has 4 aromatic carbocycles. The third-order valence-corrected chi connectivity index (χ3v) is 8.27. The highest BCUT2D eigenvalue weighted by Crippen LogP contribution is 2.39. The predicted octanol–water partition coefficient (Wildman–Crippen LogP) is 8.82. The number of methoxy groups -OCH3 is 2. The van der Waals surface area contributed by atoms with Gasteiger partial charge in [-0.05, 0) is 102 Å². The highest BCUT2D eigenvalue weighted by atomic mass is 35.5. The van der Waals surface area contributed by atoms with Crippen LogP contribution in [0, 0.1) is 11.8 Å². The van der Waals surface area contributed by atoms with Crippen molar-refractivity contribution in [3.05, 3.63) is 130 Å². The lowest BCUT2D eigenvalue weighted by atomic mass is 9.75. The largest absolute Gasteiger partial charge is 0.497 e. The monoisotopic (exact) mass is 612 g/mol. The molecule has 5 nitrogen and oxygen atoms in total. The van der Waals surface area contributed by atoms with E-state index < -0.39 is 0 Å². The van der Waals surface area contributed by atoms with Crippen molar-refractivity contribution in [3.63, 3.8) is 0 Å². The van der Waals surface area contributed by atoms with Crippen LogP contribution in [-0.2, 0) is 29.1 Å². The highest BCUT2D eigenvalue weighted by molar-refractivity contribution is 6.30. The number of rotatable bonds is 14. The summed E-state index contributed by atoms with van der Waals surface area (Å²) in [6, 6.07) is 32.6. The molecule has 6 heteroatoms. The maximum Gasteiger partial charge on any atom is 0.119 e. The van der Waals surface area contributed by atoms with Gasteiger partial charge in [0, 0.05) is 10.9 Å². The van der Waals surface area contributed by atoms with E-state index in [2.05, 4.69) is 54.6 Å². The zero-order chi connectivity index (χ0) is 30.7. The van der Waals surface area contributed by atoms with Crippen molar-refractivity contribution in [2.75, 3.05) is 27.4 Å². The molecule has 0 bridgehead atoms. The molecule has 0 fully saturated rings. The Balaban J connectivity index is 1.40. The standard InChI is InChI=1S/C38H41ClO5/c1-4-43-36-19-5-27(6-20-36)21-32-22-30(25-42-24-28-7-15-34(40-2)16-8-28)23-37(31-11-13-33(39)14-12-31)38(32)44-26-29-9-17-35(41-3)18-10-29/h5-20,23,30,32,38H,4,21-22,24-26H2,1-3H3. The van der Waals surface area contributed by atoms with Gasteiger partial charge in [0.1, 0.15) is 17.2 Å². The Hall–Kier alpha value is -3.77. The molecule has 0 heterocycles. The molecule has 3 atom stereocenters. The fourth-order valence-electron chi connectivity index (χ4n) is 5.77. The van der Waals surface area contributed by atoms with E-state index in [0.717, 1.165) is 46.8 Å². The van der Waals surface area contributed by atoms with Crippen LogP contribution in [-0.4, -0.2) is 33.5 Å². The molecule has 230 valence electrons. The summed E-state index contributed by atoms with van der Waals surface area (Å²) >= 11 is 6.30. The van der Waals surface area contributed by atoms with Gasteiger partial charge in [-0.25, -0.2) is 0 Å². The van der Waals surface area contributed by atoms with Crippen LogP contribution in [0.4, 0.5) is 0 Å². The molecule has 1 aliphatic carbocycles. The molecule has 3 unspecified atom stereocenters. The average molecular weight is 613 g/mol. The summed E-state index contributed by atoms with van der Waals surface area (Å²) in [5.74, 6) is 3.02. The van der Waals surface area contributed by atoms with Crippen LogP contribution in [0.3, 0.4) is 0 Å². The van der Waals surface area contributed by atoms with E-state index in [1.807, 2.05) is 55.5 Å². The number of ether oxygens (including phenoxy) is 5. The molecular weight excluding hydrogens is 572 g/mol. The molecule has 1 aliphatic rings. The van der Waals surface area contributed by atoms with Gasteiger partial charge >= 0.3 is 0 Å². The molecule has 0 radical (unpaired) electrons. The van der Waals surface area contributed by atoms with Gasteiger partial charge in [-0.2, -0.15) is 0 Å². The molecular formula is C38H41ClO5. The van der Waals surface area contributed by atoms with Gasteiger partial charge in [0.25, 0.3) is 0 Å². The van der Waals surface area contributed by atoms with Crippen LogP contribution in [0.15, 0.2) is 103 Å². The summed E-state index contributed by atoms with van der Waals surface area (Å²) < 4.78 is 29.4. The molecule has 44 heavy (non-hydrogen) atoms. The molecule has 0 aliphatic heterocycles. The second kappa shape index (κ2) is 15.8. The minimum absolute atomic E-state index is 0.109. The first-order valence-corrected chi connectivity index (χ1v) is 15.6. The van der Waals surface area contributed by atoms with E-state index in [-0.39, 0.29) is 17.9 Å². The third kappa shape index (κ3) is 8.66. The summed E-state index contributed by atoms with van der Waals surface area (Å²) in [6.45, 7) is 4.32. The average Bonchev–Trinajstić information content (AvgIpc) is 3.06. The third-order valence-electron chi connectivity index (χ3n) is 8.01. The van der Waals surface area contributed by atoms with Crippen LogP contribution >= 0.6 is 11.6 Å². The van der Waals surface area contributed by atoms with Crippen LogP contribution in [0.25, 0.3) is 5.57 Å². The molecule has 0 spiro atoms. The first-order valence-electron chi connectivity index (χ1n) is 15.2. The molecule has 0 N–H and O–H groups in total. The number of halogens is 1. The lowest BCUT2D eigenvalue weighted by molar-refractivity contribution is 0.0179. The van der Waals surface area contributed by atoms with Gasteiger partial charge in [0.2, 0.25) is 0 Å². The smallest absolute Gasteiger partial charge is 0.119 e. The second-order valence-electron chi connectivity index (χ2n) is 11.1. The van der Waals surface area contributed by atoms with Gasteiger partial charge in [0.15, 0.2) is 0 Å². The SMILES string of the molecule is CCOc1ccc(CC2CC(COCc3ccc(OC)cc3)C=C(c3ccc(Cl)cc3)C2OCc2ccc(OC)cc2)cc1. The van der Waals surface area contributed by atoms with E-state index >= 15 is 0 Å². The van der Waals surface area contributed by atoms with Crippen LogP contribution in [0.5, 0.6) is 17.2 Å². The summed E-state index contributed by atoms with van der Waals surface area (Å²) in [5.41, 5.74) is 5.77. The van der Waals surface area contributed by atoms with Crippen molar-refractivity contribution in [2.45, 2.75) is 39.1 Å². The molecule has 0 saturated carbocycles. The van der Waals surface area contributed by atoms with Crippen molar-refractivity contribution < 1.29 is 23.7 Å². The maximum absolute atomic E-state index is 6.81. The summed E-state index contributed by atoms with van der Waals surface area (Å²) in [7, 11) is 3.36. The van der Waals surface area contributed by atoms with Crippen molar-refractivity contribution >= 4 is 17.2 Å². The van der Waals surface area contributed by atoms with Gasteiger partial charge in [-0.15, -0.1) is 0 Å². The van der Waals surface area contributed by atoms with Gasteiger partial charge in [-0.1, -0.05) is 66.2 Å². The van der Waals surface area contributed by atoms with E-state index in [4.69, 9.17) is 35.3 Å². The fourth-order valence-corrected chi connectivity index (χ4v) is 5.89.